The lowest BCUT2D eigenvalue weighted by Gasteiger charge is -2.16. The van der Waals surface area contributed by atoms with E-state index in [1.165, 1.54) is 17.7 Å². The van der Waals surface area contributed by atoms with Gasteiger partial charge in [-0.1, -0.05) is 0 Å². The van der Waals surface area contributed by atoms with Gasteiger partial charge in [0.05, 0.1) is 5.41 Å². The van der Waals surface area contributed by atoms with Crippen molar-refractivity contribution in [3.8, 4) is 0 Å². The first-order valence-electron chi connectivity index (χ1n) is 4.85. The van der Waals surface area contributed by atoms with Gasteiger partial charge in [0.15, 0.2) is 0 Å². The largest absolute Gasteiger partial charge is 0.481 e. The fourth-order valence-electron chi connectivity index (χ4n) is 1.38. The van der Waals surface area contributed by atoms with Crippen molar-refractivity contribution >= 4 is 17.3 Å². The summed E-state index contributed by atoms with van der Waals surface area (Å²) in [4.78, 5) is 13.3. The van der Waals surface area contributed by atoms with Gasteiger partial charge in [-0.3, -0.25) is 4.79 Å². The molecule has 0 saturated heterocycles. The minimum absolute atomic E-state index is 0.721. The van der Waals surface area contributed by atoms with E-state index in [1.807, 2.05) is 6.07 Å². The van der Waals surface area contributed by atoms with Crippen LogP contribution in [0.25, 0.3) is 0 Å². The van der Waals surface area contributed by atoms with Gasteiger partial charge < -0.3 is 5.11 Å². The van der Waals surface area contributed by atoms with Crippen LogP contribution in [0.15, 0.2) is 12.1 Å². The van der Waals surface area contributed by atoms with E-state index >= 15 is 0 Å². The molecule has 1 heterocycles. The summed E-state index contributed by atoms with van der Waals surface area (Å²) in [5.74, 6) is -0.0277. The van der Waals surface area contributed by atoms with Crippen LogP contribution >= 0.6 is 11.3 Å². The third-order valence-electron chi connectivity index (χ3n) is 2.76. The van der Waals surface area contributed by atoms with Crippen LogP contribution in [0.1, 0.15) is 42.4 Å². The summed E-state index contributed by atoms with van der Waals surface area (Å²) >= 11 is 1.66. The highest BCUT2D eigenvalue weighted by Gasteiger charge is 2.33. The molecule has 0 amide bonds. The second-order valence-corrected chi connectivity index (χ2v) is 5.52. The lowest BCUT2D eigenvalue weighted by atomic mass is 9.92. The highest BCUT2D eigenvalue weighted by atomic mass is 32.1. The Morgan fingerprint density at radius 2 is 2.14 bits per heavy atom. The van der Waals surface area contributed by atoms with Gasteiger partial charge in [0.2, 0.25) is 0 Å². The van der Waals surface area contributed by atoms with E-state index in [4.69, 9.17) is 5.11 Å². The van der Waals surface area contributed by atoms with Gasteiger partial charge in [-0.25, -0.2) is 0 Å². The molecule has 0 radical (unpaired) electrons. The van der Waals surface area contributed by atoms with Crippen molar-refractivity contribution in [2.45, 2.75) is 38.0 Å². The van der Waals surface area contributed by atoms with Crippen LogP contribution in [0.2, 0.25) is 0 Å². The molecule has 1 N–H and O–H groups in total. The summed E-state index contributed by atoms with van der Waals surface area (Å²) in [6.07, 6.45) is 2.54. The van der Waals surface area contributed by atoms with Gasteiger partial charge in [-0.2, -0.15) is 0 Å². The van der Waals surface area contributed by atoms with Gasteiger partial charge in [0, 0.05) is 9.75 Å². The quantitative estimate of drug-likeness (QED) is 0.832. The number of carboxylic acid groups (broad SMARTS) is 1. The van der Waals surface area contributed by atoms with Crippen LogP contribution in [0, 0.1) is 0 Å². The summed E-state index contributed by atoms with van der Waals surface area (Å²) in [6, 6.07) is 4.05. The number of thiophene rings is 1. The van der Waals surface area contributed by atoms with E-state index in [0.717, 1.165) is 10.8 Å². The molecule has 0 aromatic carbocycles. The van der Waals surface area contributed by atoms with Crippen LogP contribution in [0.3, 0.4) is 0 Å². The molecule has 0 unspecified atom stereocenters. The molecular formula is C11H14O2S. The molecule has 0 spiro atoms. The van der Waals surface area contributed by atoms with Crippen LogP contribution in [0.5, 0.6) is 0 Å². The maximum absolute atomic E-state index is 11.0. The number of carboxylic acids is 1. The molecular weight excluding hydrogens is 196 g/mol. The van der Waals surface area contributed by atoms with E-state index in [9.17, 15) is 4.79 Å². The first-order valence-corrected chi connectivity index (χ1v) is 5.67. The van der Waals surface area contributed by atoms with Crippen molar-refractivity contribution in [1.29, 1.82) is 0 Å². The Labute approximate surface area is 87.6 Å². The monoisotopic (exact) mass is 210 g/mol. The summed E-state index contributed by atoms with van der Waals surface area (Å²) in [6.45, 7) is 3.52. The predicted octanol–water partition coefficient (Wildman–Crippen LogP) is 2.99. The van der Waals surface area contributed by atoms with Crippen LogP contribution < -0.4 is 0 Å². The van der Waals surface area contributed by atoms with Crippen LogP contribution in [-0.2, 0) is 10.2 Å². The standard InChI is InChI=1S/C11H14O2S/c1-11(2,10(12)13)9-6-5-8(14-9)7-3-4-7/h5-7H,3-4H2,1-2H3,(H,12,13). The minimum Gasteiger partial charge on any atom is -0.481 e. The second kappa shape index (κ2) is 3.09. The Balaban J connectivity index is 2.27. The predicted molar refractivity (Wildman–Crippen MR) is 57.0 cm³/mol. The molecule has 0 aliphatic heterocycles. The van der Waals surface area contributed by atoms with Gasteiger partial charge >= 0.3 is 5.97 Å². The van der Waals surface area contributed by atoms with E-state index in [2.05, 4.69) is 6.07 Å². The first kappa shape index (κ1) is 9.71. The summed E-state index contributed by atoms with van der Waals surface area (Å²) in [5.41, 5.74) is -0.738. The fourth-order valence-corrected chi connectivity index (χ4v) is 2.65. The third kappa shape index (κ3) is 1.57. The molecule has 2 rings (SSSR count). The maximum atomic E-state index is 11.0. The number of rotatable bonds is 3. The smallest absolute Gasteiger partial charge is 0.314 e. The minimum atomic E-state index is -0.748. The summed E-state index contributed by atoms with van der Waals surface area (Å²) < 4.78 is 0. The molecule has 0 atom stereocenters. The number of carbonyl (C=O) groups is 1. The normalized spacial score (nSPS) is 17.0. The van der Waals surface area contributed by atoms with Crippen LogP contribution in [0.4, 0.5) is 0 Å². The SMILES string of the molecule is CC(C)(C(=O)O)c1ccc(C2CC2)s1. The molecule has 76 valence electrons. The van der Waals surface area contributed by atoms with Crippen LogP contribution in [-0.4, -0.2) is 11.1 Å². The lowest BCUT2D eigenvalue weighted by Crippen LogP contribution is -2.27. The molecule has 1 aliphatic carbocycles. The molecule has 1 fully saturated rings. The van der Waals surface area contributed by atoms with Crippen molar-refractivity contribution in [1.82, 2.24) is 0 Å². The Bertz CT molecular complexity index is 361. The van der Waals surface area contributed by atoms with Crippen molar-refractivity contribution < 1.29 is 9.90 Å². The second-order valence-electron chi connectivity index (χ2n) is 4.41. The van der Waals surface area contributed by atoms with Gasteiger partial charge in [-0.15, -0.1) is 11.3 Å². The Morgan fingerprint density at radius 1 is 1.50 bits per heavy atom. The number of aliphatic carboxylic acids is 1. The lowest BCUT2D eigenvalue weighted by molar-refractivity contribution is -0.142. The molecule has 1 aliphatic rings. The van der Waals surface area contributed by atoms with E-state index in [1.54, 1.807) is 25.2 Å². The molecule has 1 aromatic heterocycles. The zero-order chi connectivity index (χ0) is 10.3. The number of hydrogen-bond donors (Lipinski definition) is 1. The zero-order valence-electron chi connectivity index (χ0n) is 8.41. The highest BCUT2D eigenvalue weighted by Crippen LogP contribution is 2.45. The van der Waals surface area contributed by atoms with E-state index in [-0.39, 0.29) is 0 Å². The van der Waals surface area contributed by atoms with Gasteiger partial charge in [0.1, 0.15) is 0 Å². The van der Waals surface area contributed by atoms with Gasteiger partial charge in [0.25, 0.3) is 0 Å². The Kier molecular flexibility index (Phi) is 2.14. The van der Waals surface area contributed by atoms with Crippen molar-refractivity contribution in [2.75, 3.05) is 0 Å². The van der Waals surface area contributed by atoms with E-state index in [0.29, 0.717) is 0 Å². The molecule has 14 heavy (non-hydrogen) atoms. The maximum Gasteiger partial charge on any atom is 0.314 e. The van der Waals surface area contributed by atoms with Crippen molar-refractivity contribution in [3.05, 3.63) is 21.9 Å². The molecule has 1 aromatic rings. The Morgan fingerprint density at radius 3 is 2.64 bits per heavy atom. The summed E-state index contributed by atoms with van der Waals surface area (Å²) in [5, 5.41) is 9.06. The fraction of sp³-hybridized carbons (Fsp3) is 0.545. The molecule has 1 saturated carbocycles. The third-order valence-corrected chi connectivity index (χ3v) is 4.33. The van der Waals surface area contributed by atoms with Gasteiger partial charge in [-0.05, 0) is 44.7 Å². The Hall–Kier alpha value is -0.830. The average molecular weight is 210 g/mol. The number of hydrogen-bond acceptors (Lipinski definition) is 2. The molecule has 0 bridgehead atoms. The molecule has 2 nitrogen and oxygen atoms in total. The van der Waals surface area contributed by atoms with Crippen molar-refractivity contribution in [3.63, 3.8) is 0 Å². The average Bonchev–Trinajstić information content (AvgIpc) is 2.83. The molecule has 3 heteroatoms. The topological polar surface area (TPSA) is 37.3 Å². The summed E-state index contributed by atoms with van der Waals surface area (Å²) in [7, 11) is 0. The van der Waals surface area contributed by atoms with E-state index < -0.39 is 11.4 Å². The van der Waals surface area contributed by atoms with Crippen molar-refractivity contribution in [2.24, 2.45) is 0 Å². The highest BCUT2D eigenvalue weighted by molar-refractivity contribution is 7.12. The zero-order valence-corrected chi connectivity index (χ0v) is 9.23. The first-order chi connectivity index (χ1) is 6.51.